The van der Waals surface area contributed by atoms with Gasteiger partial charge in [0.15, 0.2) is 0 Å². The highest BCUT2D eigenvalue weighted by Crippen LogP contribution is 2.37. The molecular formula is C26H30N4O. The van der Waals surface area contributed by atoms with E-state index in [1.807, 2.05) is 30.6 Å². The molecule has 0 radical (unpaired) electrons. The van der Waals surface area contributed by atoms with Crippen molar-refractivity contribution in [3.8, 4) is 11.1 Å². The fourth-order valence-electron chi connectivity index (χ4n) is 5.30. The molecule has 31 heavy (non-hydrogen) atoms. The van der Waals surface area contributed by atoms with Crippen LogP contribution in [-0.4, -0.2) is 39.5 Å². The van der Waals surface area contributed by atoms with Crippen LogP contribution in [0.2, 0.25) is 0 Å². The molecule has 5 heteroatoms. The van der Waals surface area contributed by atoms with Gasteiger partial charge in [-0.1, -0.05) is 54.6 Å². The number of aryl methyl sites for hydroxylation is 1. The van der Waals surface area contributed by atoms with Crippen molar-refractivity contribution in [3.63, 3.8) is 0 Å². The first kappa shape index (κ1) is 20.0. The second-order valence-electron chi connectivity index (χ2n) is 9.08. The van der Waals surface area contributed by atoms with Gasteiger partial charge in [-0.3, -0.25) is 9.69 Å². The number of benzene rings is 2. The molecule has 1 aliphatic carbocycles. The monoisotopic (exact) mass is 414 g/mol. The molecule has 0 spiro atoms. The number of piperidine rings is 1. The van der Waals surface area contributed by atoms with Crippen LogP contribution in [0.4, 0.5) is 0 Å². The van der Waals surface area contributed by atoms with Crippen molar-refractivity contribution < 1.29 is 4.79 Å². The number of hydrogen-bond acceptors (Lipinski definition) is 3. The summed E-state index contributed by atoms with van der Waals surface area (Å²) in [4.78, 5) is 19.8. The van der Waals surface area contributed by atoms with E-state index in [0.717, 1.165) is 31.0 Å². The lowest BCUT2D eigenvalue weighted by atomic mass is 9.91. The van der Waals surface area contributed by atoms with E-state index in [1.165, 1.54) is 24.0 Å². The summed E-state index contributed by atoms with van der Waals surface area (Å²) in [6.45, 7) is 2.98. The minimum Gasteiger partial charge on any atom is -0.352 e. The van der Waals surface area contributed by atoms with Gasteiger partial charge in [0.2, 0.25) is 5.91 Å². The number of rotatable bonds is 6. The topological polar surface area (TPSA) is 50.2 Å². The number of imidazole rings is 1. The van der Waals surface area contributed by atoms with Gasteiger partial charge >= 0.3 is 0 Å². The lowest BCUT2D eigenvalue weighted by Gasteiger charge is -2.38. The summed E-state index contributed by atoms with van der Waals surface area (Å²) in [7, 11) is 2.05. The Hall–Kier alpha value is -2.92. The van der Waals surface area contributed by atoms with Crippen molar-refractivity contribution in [1.29, 1.82) is 0 Å². The Morgan fingerprint density at radius 3 is 2.32 bits per heavy atom. The number of amides is 1. The molecule has 1 N–H and O–H groups in total. The maximum Gasteiger partial charge on any atom is 0.224 e. The molecule has 1 aromatic heterocycles. The number of nitrogens with zero attached hydrogens (tertiary/aromatic N) is 3. The van der Waals surface area contributed by atoms with Crippen LogP contribution in [0, 0.1) is 11.8 Å². The van der Waals surface area contributed by atoms with Crippen molar-refractivity contribution >= 4 is 5.91 Å². The van der Waals surface area contributed by atoms with Crippen molar-refractivity contribution in [3.05, 3.63) is 78.4 Å². The van der Waals surface area contributed by atoms with Gasteiger partial charge in [-0.15, -0.1) is 0 Å². The molecule has 2 aliphatic rings. The van der Waals surface area contributed by atoms with Gasteiger partial charge in [0.1, 0.15) is 5.82 Å². The highest BCUT2D eigenvalue weighted by Gasteiger charge is 2.42. The Kier molecular flexibility index (Phi) is 5.60. The Morgan fingerprint density at radius 2 is 1.68 bits per heavy atom. The van der Waals surface area contributed by atoms with Crippen LogP contribution in [0.25, 0.3) is 11.1 Å². The molecule has 2 heterocycles. The smallest absolute Gasteiger partial charge is 0.224 e. The lowest BCUT2D eigenvalue weighted by Crippen LogP contribution is -2.52. The van der Waals surface area contributed by atoms with E-state index < -0.39 is 0 Å². The lowest BCUT2D eigenvalue weighted by molar-refractivity contribution is -0.122. The summed E-state index contributed by atoms with van der Waals surface area (Å²) in [5.74, 6) is 2.35. The first-order valence-electron chi connectivity index (χ1n) is 11.3. The fraction of sp³-hybridized carbons (Fsp3) is 0.385. The highest BCUT2D eigenvalue weighted by atomic mass is 16.1. The van der Waals surface area contributed by atoms with Crippen LogP contribution in [0.1, 0.15) is 24.2 Å². The summed E-state index contributed by atoms with van der Waals surface area (Å²) in [6.07, 6.45) is 6.73. The van der Waals surface area contributed by atoms with Gasteiger partial charge in [-0.25, -0.2) is 4.98 Å². The molecule has 2 aromatic carbocycles. The molecule has 2 bridgehead atoms. The zero-order valence-corrected chi connectivity index (χ0v) is 18.1. The van der Waals surface area contributed by atoms with Crippen LogP contribution in [0.5, 0.6) is 0 Å². The molecule has 1 unspecified atom stereocenters. The van der Waals surface area contributed by atoms with Gasteiger partial charge in [-0.05, 0) is 41.4 Å². The van der Waals surface area contributed by atoms with Gasteiger partial charge in [-0.2, -0.15) is 0 Å². The average molecular weight is 415 g/mol. The Labute approximate surface area is 184 Å². The highest BCUT2D eigenvalue weighted by molar-refractivity contribution is 5.79. The van der Waals surface area contributed by atoms with E-state index in [4.69, 9.17) is 0 Å². The Balaban J connectivity index is 1.16. The first-order chi connectivity index (χ1) is 15.2. The zero-order valence-electron chi connectivity index (χ0n) is 18.1. The van der Waals surface area contributed by atoms with Gasteiger partial charge in [0, 0.05) is 38.6 Å². The van der Waals surface area contributed by atoms with E-state index in [-0.39, 0.29) is 5.91 Å². The largest absolute Gasteiger partial charge is 0.352 e. The number of carbonyl (C=O) groups is 1. The number of likely N-dealkylation sites (tertiary alicyclic amines) is 1. The molecule has 2 fully saturated rings. The number of hydrogen-bond donors (Lipinski definition) is 1. The second kappa shape index (κ2) is 8.67. The minimum atomic E-state index is 0.145. The molecule has 160 valence electrons. The number of fused-ring (bicyclic) bond motifs is 2. The summed E-state index contributed by atoms with van der Waals surface area (Å²) in [5, 5.41) is 3.38. The van der Waals surface area contributed by atoms with Crippen molar-refractivity contribution in [2.75, 3.05) is 13.1 Å². The first-order valence-corrected chi connectivity index (χ1v) is 11.3. The van der Waals surface area contributed by atoms with Crippen LogP contribution < -0.4 is 5.32 Å². The molecule has 5 nitrogen and oxygen atoms in total. The second-order valence-corrected chi connectivity index (χ2v) is 9.08. The molecular weight excluding hydrogens is 384 g/mol. The third-order valence-corrected chi connectivity index (χ3v) is 6.95. The summed E-state index contributed by atoms with van der Waals surface area (Å²) >= 11 is 0. The maximum absolute atomic E-state index is 12.8. The SMILES string of the molecule is Cn1ccnc1CN1C[C@H]2CC[C@@H](C1)C2NC(=O)Cc1ccc(-c2ccccc2)cc1. The molecule has 1 saturated carbocycles. The van der Waals surface area contributed by atoms with Crippen LogP contribution in [0.15, 0.2) is 67.0 Å². The van der Waals surface area contributed by atoms with Crippen LogP contribution in [-0.2, 0) is 24.8 Å². The maximum atomic E-state index is 12.8. The van der Waals surface area contributed by atoms with E-state index >= 15 is 0 Å². The molecule has 1 saturated heterocycles. The summed E-state index contributed by atoms with van der Waals surface area (Å²) in [6, 6.07) is 19.0. The average Bonchev–Trinajstić information content (AvgIpc) is 3.27. The molecule has 3 aromatic rings. The Morgan fingerprint density at radius 1 is 1.00 bits per heavy atom. The molecule has 1 amide bonds. The predicted molar refractivity (Wildman–Crippen MR) is 122 cm³/mol. The number of aromatic nitrogens is 2. The van der Waals surface area contributed by atoms with E-state index in [9.17, 15) is 4.79 Å². The quantitative estimate of drug-likeness (QED) is 0.670. The van der Waals surface area contributed by atoms with Gasteiger partial charge in [0.05, 0.1) is 13.0 Å². The third-order valence-electron chi connectivity index (χ3n) is 6.95. The summed E-state index contributed by atoms with van der Waals surface area (Å²) in [5.41, 5.74) is 3.45. The van der Waals surface area contributed by atoms with Crippen LogP contribution in [0.3, 0.4) is 0 Å². The van der Waals surface area contributed by atoms with Crippen molar-refractivity contribution in [2.45, 2.75) is 31.8 Å². The Bertz CT molecular complexity index is 1010. The normalized spacial score (nSPS) is 23.1. The van der Waals surface area contributed by atoms with Crippen LogP contribution >= 0.6 is 0 Å². The van der Waals surface area contributed by atoms with E-state index in [2.05, 4.69) is 63.2 Å². The van der Waals surface area contributed by atoms with Gasteiger partial charge < -0.3 is 9.88 Å². The fourth-order valence-corrected chi connectivity index (χ4v) is 5.30. The predicted octanol–water partition coefficient (Wildman–Crippen LogP) is 3.66. The van der Waals surface area contributed by atoms with E-state index in [1.54, 1.807) is 0 Å². The summed E-state index contributed by atoms with van der Waals surface area (Å²) < 4.78 is 2.10. The van der Waals surface area contributed by atoms with Gasteiger partial charge in [0.25, 0.3) is 0 Å². The molecule has 3 atom stereocenters. The third kappa shape index (κ3) is 4.42. The number of nitrogens with one attached hydrogen (secondary N) is 1. The zero-order chi connectivity index (χ0) is 21.2. The standard InChI is InChI=1S/C26H30N4O/c1-29-14-13-27-24(29)18-30-16-22-11-12-23(17-30)26(22)28-25(31)15-19-7-9-21(10-8-19)20-5-3-2-4-6-20/h2-10,13-14,22-23,26H,11-12,15-18H2,1H3,(H,28,31)/t22-,23+,26?. The molecule has 1 aliphatic heterocycles. The minimum absolute atomic E-state index is 0.145. The van der Waals surface area contributed by atoms with Crippen molar-refractivity contribution in [1.82, 2.24) is 19.8 Å². The molecule has 5 rings (SSSR count). The van der Waals surface area contributed by atoms with E-state index in [0.29, 0.717) is 24.3 Å². The van der Waals surface area contributed by atoms with Crippen molar-refractivity contribution in [2.24, 2.45) is 18.9 Å². The number of carbonyl (C=O) groups excluding carboxylic acids is 1.